The maximum Gasteiger partial charge on any atom is 0.160 e. The number of hydrogen-bond donors (Lipinski definition) is 2. The number of phenols is 1. The maximum atomic E-state index is 13.2. The van der Waals surface area contributed by atoms with Crippen molar-refractivity contribution >= 4 is 5.69 Å². The first-order valence-corrected chi connectivity index (χ1v) is 5.96. The molecule has 0 saturated heterocycles. The van der Waals surface area contributed by atoms with Gasteiger partial charge in [0.05, 0.1) is 7.11 Å². The number of rotatable bonds is 4. The van der Waals surface area contributed by atoms with Crippen molar-refractivity contribution in [3.8, 4) is 11.5 Å². The van der Waals surface area contributed by atoms with Crippen LogP contribution in [0.4, 0.5) is 10.1 Å². The summed E-state index contributed by atoms with van der Waals surface area (Å²) in [5, 5.41) is 12.7. The van der Waals surface area contributed by atoms with Gasteiger partial charge in [-0.2, -0.15) is 0 Å². The molecule has 0 aliphatic rings. The van der Waals surface area contributed by atoms with E-state index in [0.717, 1.165) is 16.8 Å². The fourth-order valence-corrected chi connectivity index (χ4v) is 1.81. The van der Waals surface area contributed by atoms with Crippen LogP contribution >= 0.6 is 0 Å². The quantitative estimate of drug-likeness (QED) is 0.885. The molecule has 3 nitrogen and oxygen atoms in total. The highest BCUT2D eigenvalue weighted by molar-refractivity contribution is 5.51. The number of nitrogens with one attached hydrogen (secondary N) is 1. The fraction of sp³-hybridized carbons (Fsp3) is 0.200. The Kier molecular flexibility index (Phi) is 3.90. The Labute approximate surface area is 111 Å². The summed E-state index contributed by atoms with van der Waals surface area (Å²) in [5.74, 6) is 0.264. The molecular weight excluding hydrogens is 245 g/mol. The van der Waals surface area contributed by atoms with E-state index in [0.29, 0.717) is 12.3 Å². The first kappa shape index (κ1) is 13.2. The van der Waals surface area contributed by atoms with E-state index in [2.05, 4.69) is 5.32 Å². The van der Waals surface area contributed by atoms with Crippen LogP contribution in [-0.2, 0) is 6.54 Å². The largest absolute Gasteiger partial charge is 0.504 e. The lowest BCUT2D eigenvalue weighted by molar-refractivity contribution is 0.373. The van der Waals surface area contributed by atoms with E-state index in [1.165, 1.54) is 19.2 Å². The van der Waals surface area contributed by atoms with Crippen LogP contribution in [0.2, 0.25) is 0 Å². The molecule has 0 aliphatic carbocycles. The van der Waals surface area contributed by atoms with Crippen molar-refractivity contribution in [1.29, 1.82) is 0 Å². The number of aromatic hydroxyl groups is 1. The summed E-state index contributed by atoms with van der Waals surface area (Å²) in [5.41, 5.74) is 2.68. The third-order valence-corrected chi connectivity index (χ3v) is 2.93. The Hall–Kier alpha value is -2.23. The summed E-state index contributed by atoms with van der Waals surface area (Å²) in [7, 11) is 1.50. The van der Waals surface area contributed by atoms with Crippen molar-refractivity contribution < 1.29 is 14.2 Å². The third-order valence-electron chi connectivity index (χ3n) is 2.93. The van der Waals surface area contributed by atoms with Crippen molar-refractivity contribution in [3.05, 3.63) is 53.3 Å². The first-order valence-electron chi connectivity index (χ1n) is 5.96. The van der Waals surface area contributed by atoms with E-state index >= 15 is 0 Å². The predicted molar refractivity (Wildman–Crippen MR) is 73.1 cm³/mol. The van der Waals surface area contributed by atoms with Gasteiger partial charge in [-0.05, 0) is 42.3 Å². The van der Waals surface area contributed by atoms with Gasteiger partial charge in [0.2, 0.25) is 0 Å². The molecule has 0 heterocycles. The molecule has 4 heteroatoms. The number of benzene rings is 2. The minimum Gasteiger partial charge on any atom is -0.504 e. The number of phenolic OH excluding ortho intramolecular Hbond substituents is 1. The molecule has 0 atom stereocenters. The smallest absolute Gasteiger partial charge is 0.160 e. The average molecular weight is 261 g/mol. The second-order valence-electron chi connectivity index (χ2n) is 4.32. The zero-order chi connectivity index (χ0) is 13.8. The fourth-order valence-electron chi connectivity index (χ4n) is 1.81. The number of ether oxygens (including phenoxy) is 1. The molecule has 0 saturated carbocycles. The number of anilines is 1. The molecule has 0 aromatic heterocycles. The van der Waals surface area contributed by atoms with E-state index in [-0.39, 0.29) is 11.6 Å². The number of methoxy groups -OCH3 is 1. The van der Waals surface area contributed by atoms with E-state index in [4.69, 9.17) is 4.74 Å². The molecule has 2 N–H and O–H groups in total. The Morgan fingerprint density at radius 3 is 2.74 bits per heavy atom. The van der Waals surface area contributed by atoms with Crippen LogP contribution in [0.25, 0.3) is 0 Å². The van der Waals surface area contributed by atoms with E-state index in [9.17, 15) is 9.50 Å². The summed E-state index contributed by atoms with van der Waals surface area (Å²) in [6.07, 6.45) is 0. The van der Waals surface area contributed by atoms with E-state index in [1.54, 1.807) is 24.3 Å². The topological polar surface area (TPSA) is 41.5 Å². The highest BCUT2D eigenvalue weighted by Crippen LogP contribution is 2.26. The molecule has 0 spiro atoms. The van der Waals surface area contributed by atoms with Crippen molar-refractivity contribution in [1.82, 2.24) is 0 Å². The summed E-state index contributed by atoms with van der Waals surface area (Å²) < 4.78 is 18.2. The summed E-state index contributed by atoms with van der Waals surface area (Å²) in [6.45, 7) is 2.44. The summed E-state index contributed by atoms with van der Waals surface area (Å²) in [4.78, 5) is 0. The van der Waals surface area contributed by atoms with E-state index in [1.807, 2.05) is 6.92 Å². The lowest BCUT2D eigenvalue weighted by Gasteiger charge is -2.11. The molecular formula is C15H16FNO2. The molecule has 0 amide bonds. The van der Waals surface area contributed by atoms with Gasteiger partial charge in [-0.3, -0.25) is 0 Å². The third kappa shape index (κ3) is 3.16. The minimum atomic E-state index is -0.267. The van der Waals surface area contributed by atoms with Gasteiger partial charge >= 0.3 is 0 Å². The second-order valence-corrected chi connectivity index (χ2v) is 4.32. The van der Waals surface area contributed by atoms with Gasteiger partial charge in [-0.1, -0.05) is 12.1 Å². The molecule has 19 heavy (non-hydrogen) atoms. The second kappa shape index (κ2) is 5.61. The standard InChI is InChI=1S/C15H16FNO2/c1-10-3-5-12(16)8-13(10)17-9-11-4-6-14(18)15(7-11)19-2/h3-8,17-18H,9H2,1-2H3. The van der Waals surface area contributed by atoms with Gasteiger partial charge in [-0.25, -0.2) is 4.39 Å². The highest BCUT2D eigenvalue weighted by Gasteiger charge is 2.04. The lowest BCUT2D eigenvalue weighted by Crippen LogP contribution is -2.01. The summed E-state index contributed by atoms with van der Waals surface area (Å²) in [6, 6.07) is 9.75. The zero-order valence-electron chi connectivity index (χ0n) is 10.9. The number of hydrogen-bond acceptors (Lipinski definition) is 3. The molecule has 2 rings (SSSR count). The Balaban J connectivity index is 2.12. The Bertz CT molecular complexity index is 584. The van der Waals surface area contributed by atoms with Crippen LogP contribution < -0.4 is 10.1 Å². The first-order chi connectivity index (χ1) is 9.10. The molecule has 0 radical (unpaired) electrons. The van der Waals surface area contributed by atoms with Crippen molar-refractivity contribution in [3.63, 3.8) is 0 Å². The normalized spacial score (nSPS) is 10.3. The van der Waals surface area contributed by atoms with Crippen molar-refractivity contribution in [2.45, 2.75) is 13.5 Å². The molecule has 0 unspecified atom stereocenters. The zero-order valence-corrected chi connectivity index (χ0v) is 10.9. The molecule has 2 aromatic rings. The van der Waals surface area contributed by atoms with Crippen molar-refractivity contribution in [2.24, 2.45) is 0 Å². The van der Waals surface area contributed by atoms with Crippen molar-refractivity contribution in [2.75, 3.05) is 12.4 Å². The summed E-state index contributed by atoms with van der Waals surface area (Å²) >= 11 is 0. The van der Waals surface area contributed by atoms with Crippen LogP contribution in [0.5, 0.6) is 11.5 Å². The molecule has 0 bridgehead atoms. The van der Waals surface area contributed by atoms with Gasteiger partial charge in [0, 0.05) is 12.2 Å². The monoisotopic (exact) mass is 261 g/mol. The Morgan fingerprint density at radius 1 is 1.21 bits per heavy atom. The predicted octanol–water partition coefficient (Wildman–Crippen LogP) is 3.46. The average Bonchev–Trinajstić information content (AvgIpc) is 2.41. The molecule has 100 valence electrons. The van der Waals surface area contributed by atoms with Gasteiger partial charge < -0.3 is 15.2 Å². The van der Waals surface area contributed by atoms with Crippen LogP contribution in [0.1, 0.15) is 11.1 Å². The van der Waals surface area contributed by atoms with Gasteiger partial charge in [0.25, 0.3) is 0 Å². The number of halogens is 1. The van der Waals surface area contributed by atoms with Gasteiger partial charge in [0.1, 0.15) is 5.82 Å². The lowest BCUT2D eigenvalue weighted by atomic mass is 10.1. The number of aryl methyl sites for hydroxylation is 1. The maximum absolute atomic E-state index is 13.2. The van der Waals surface area contributed by atoms with Crippen LogP contribution in [0, 0.1) is 12.7 Å². The van der Waals surface area contributed by atoms with Gasteiger partial charge in [-0.15, -0.1) is 0 Å². The highest BCUT2D eigenvalue weighted by atomic mass is 19.1. The molecule has 2 aromatic carbocycles. The Morgan fingerprint density at radius 2 is 2.00 bits per heavy atom. The van der Waals surface area contributed by atoms with Crippen LogP contribution in [-0.4, -0.2) is 12.2 Å². The van der Waals surface area contributed by atoms with Crippen LogP contribution in [0.3, 0.4) is 0 Å². The molecule has 0 fully saturated rings. The van der Waals surface area contributed by atoms with Gasteiger partial charge in [0.15, 0.2) is 11.5 Å². The SMILES string of the molecule is COc1cc(CNc2cc(F)ccc2C)ccc1O. The molecule has 0 aliphatic heterocycles. The van der Waals surface area contributed by atoms with Crippen LogP contribution in [0.15, 0.2) is 36.4 Å². The minimum absolute atomic E-state index is 0.105. The van der Waals surface area contributed by atoms with E-state index < -0.39 is 0 Å².